The quantitative estimate of drug-likeness (QED) is 0.716. The predicted octanol–water partition coefficient (Wildman–Crippen LogP) is 4.27. The molecule has 0 spiro atoms. The zero-order chi connectivity index (χ0) is 18.8. The molecule has 0 amide bonds. The lowest BCUT2D eigenvalue weighted by Gasteiger charge is -2.16. The SMILES string of the molecule is COC[C@@H](CF)n1cc(C)c2nc(-c3ccc(C(C)C)nc3)c(N)cc21. The highest BCUT2D eigenvalue weighted by Crippen LogP contribution is 2.31. The minimum atomic E-state index is -0.515. The van der Waals surface area contributed by atoms with Crippen LogP contribution >= 0.6 is 0 Å². The fraction of sp³-hybridized carbons (Fsp3) is 0.400. The van der Waals surface area contributed by atoms with Crippen LogP contribution in [0.2, 0.25) is 0 Å². The van der Waals surface area contributed by atoms with Crippen LogP contribution < -0.4 is 5.73 Å². The summed E-state index contributed by atoms with van der Waals surface area (Å²) in [5.74, 6) is 0.367. The van der Waals surface area contributed by atoms with Gasteiger partial charge < -0.3 is 15.0 Å². The maximum atomic E-state index is 13.5. The average molecular weight is 356 g/mol. The zero-order valence-electron chi connectivity index (χ0n) is 15.7. The van der Waals surface area contributed by atoms with Crippen LogP contribution in [0.15, 0.2) is 30.6 Å². The number of methoxy groups -OCH3 is 1. The molecule has 0 aliphatic rings. The third-order valence-electron chi connectivity index (χ3n) is 4.60. The van der Waals surface area contributed by atoms with E-state index in [0.29, 0.717) is 23.9 Å². The number of halogens is 1. The van der Waals surface area contributed by atoms with Crippen LogP contribution in [0.5, 0.6) is 0 Å². The molecule has 3 aromatic heterocycles. The third kappa shape index (κ3) is 3.29. The van der Waals surface area contributed by atoms with E-state index in [1.54, 1.807) is 7.11 Å². The topological polar surface area (TPSA) is 66.0 Å². The molecule has 2 N–H and O–H groups in total. The number of pyridine rings is 2. The lowest BCUT2D eigenvalue weighted by atomic mass is 10.1. The number of hydrogen-bond acceptors (Lipinski definition) is 4. The molecule has 3 heterocycles. The number of ether oxygens (including phenoxy) is 1. The molecule has 0 fully saturated rings. The van der Waals surface area contributed by atoms with Gasteiger partial charge >= 0.3 is 0 Å². The molecular formula is C20H25FN4O. The molecule has 0 aliphatic carbocycles. The van der Waals surface area contributed by atoms with E-state index in [0.717, 1.165) is 27.9 Å². The molecule has 138 valence electrons. The summed E-state index contributed by atoms with van der Waals surface area (Å²) in [6.07, 6.45) is 3.71. The number of alkyl halides is 1. The highest BCUT2D eigenvalue weighted by molar-refractivity contribution is 5.88. The fourth-order valence-electron chi connectivity index (χ4n) is 3.16. The molecule has 0 aliphatic heterocycles. The van der Waals surface area contributed by atoms with Crippen LogP contribution in [0.3, 0.4) is 0 Å². The van der Waals surface area contributed by atoms with Crippen molar-refractivity contribution in [2.45, 2.75) is 32.7 Å². The molecule has 26 heavy (non-hydrogen) atoms. The van der Waals surface area contributed by atoms with E-state index in [2.05, 4.69) is 18.8 Å². The van der Waals surface area contributed by atoms with E-state index in [1.807, 2.05) is 42.1 Å². The normalized spacial score (nSPS) is 12.8. The largest absolute Gasteiger partial charge is 0.397 e. The molecule has 0 aromatic carbocycles. The molecule has 3 aromatic rings. The van der Waals surface area contributed by atoms with Crippen molar-refractivity contribution in [3.63, 3.8) is 0 Å². The predicted molar refractivity (Wildman–Crippen MR) is 103 cm³/mol. The van der Waals surface area contributed by atoms with Crippen LogP contribution in [-0.4, -0.2) is 34.9 Å². The van der Waals surface area contributed by atoms with E-state index >= 15 is 0 Å². The Labute approximate surface area is 153 Å². The first-order valence-corrected chi connectivity index (χ1v) is 8.75. The summed E-state index contributed by atoms with van der Waals surface area (Å²) < 4.78 is 20.5. The van der Waals surface area contributed by atoms with Gasteiger partial charge in [0.1, 0.15) is 6.67 Å². The smallest absolute Gasteiger partial charge is 0.112 e. The number of aryl methyl sites for hydroxylation is 1. The number of nitrogens with two attached hydrogens (primary N) is 1. The first-order valence-electron chi connectivity index (χ1n) is 8.75. The van der Waals surface area contributed by atoms with Gasteiger partial charge in [0, 0.05) is 30.8 Å². The lowest BCUT2D eigenvalue weighted by Crippen LogP contribution is -2.16. The molecule has 6 heteroatoms. The molecule has 5 nitrogen and oxygen atoms in total. The van der Waals surface area contributed by atoms with E-state index in [1.165, 1.54) is 0 Å². The van der Waals surface area contributed by atoms with Gasteiger partial charge in [-0.15, -0.1) is 0 Å². The number of aromatic nitrogens is 3. The second-order valence-corrected chi connectivity index (χ2v) is 6.90. The minimum Gasteiger partial charge on any atom is -0.397 e. The van der Waals surface area contributed by atoms with Crippen molar-refractivity contribution >= 4 is 16.7 Å². The zero-order valence-corrected chi connectivity index (χ0v) is 15.7. The van der Waals surface area contributed by atoms with Crippen molar-refractivity contribution in [2.75, 3.05) is 26.1 Å². The molecule has 0 saturated carbocycles. The van der Waals surface area contributed by atoms with Crippen LogP contribution in [0, 0.1) is 6.92 Å². The standard InChI is InChI=1S/C20H25FN4O/c1-12(2)17-6-5-14(9-23-17)20-16(22)7-18-19(24-20)13(3)10-25(18)15(8-21)11-26-4/h5-7,9-10,12,15H,8,11,22H2,1-4H3/t15-/m1/s1. The number of rotatable bonds is 6. The first kappa shape index (κ1) is 18.3. The van der Waals surface area contributed by atoms with Gasteiger partial charge in [0.25, 0.3) is 0 Å². The Morgan fingerprint density at radius 1 is 1.31 bits per heavy atom. The van der Waals surface area contributed by atoms with Crippen LogP contribution in [0.1, 0.15) is 37.1 Å². The van der Waals surface area contributed by atoms with Gasteiger partial charge in [-0.3, -0.25) is 4.98 Å². The van der Waals surface area contributed by atoms with Crippen LogP contribution in [0.4, 0.5) is 10.1 Å². The summed E-state index contributed by atoms with van der Waals surface area (Å²) in [6.45, 7) is 5.96. The third-order valence-corrected chi connectivity index (χ3v) is 4.60. The highest BCUT2D eigenvalue weighted by Gasteiger charge is 2.18. The number of nitrogen functional groups attached to an aromatic ring is 1. The van der Waals surface area contributed by atoms with Crippen molar-refractivity contribution in [1.82, 2.24) is 14.5 Å². The van der Waals surface area contributed by atoms with Gasteiger partial charge in [-0.05, 0) is 36.6 Å². The number of nitrogens with zero attached hydrogens (tertiary/aromatic N) is 3. The van der Waals surface area contributed by atoms with Crippen molar-refractivity contribution < 1.29 is 9.13 Å². The Balaban J connectivity index is 2.09. The Hall–Kier alpha value is -2.47. The molecule has 0 bridgehead atoms. The summed E-state index contributed by atoms with van der Waals surface area (Å²) in [5, 5.41) is 0. The monoisotopic (exact) mass is 356 g/mol. The van der Waals surface area contributed by atoms with E-state index in [9.17, 15) is 4.39 Å². The van der Waals surface area contributed by atoms with Gasteiger partial charge in [-0.25, -0.2) is 9.37 Å². The molecule has 3 rings (SSSR count). The van der Waals surface area contributed by atoms with E-state index in [4.69, 9.17) is 15.5 Å². The number of hydrogen-bond donors (Lipinski definition) is 1. The molecule has 0 radical (unpaired) electrons. The highest BCUT2D eigenvalue weighted by atomic mass is 19.1. The minimum absolute atomic E-state index is 0.294. The van der Waals surface area contributed by atoms with Crippen molar-refractivity contribution in [3.8, 4) is 11.3 Å². The maximum absolute atomic E-state index is 13.5. The van der Waals surface area contributed by atoms with Crippen molar-refractivity contribution in [1.29, 1.82) is 0 Å². The van der Waals surface area contributed by atoms with Gasteiger partial charge in [-0.2, -0.15) is 0 Å². The van der Waals surface area contributed by atoms with Gasteiger partial charge in [-0.1, -0.05) is 13.8 Å². The second kappa shape index (κ2) is 7.41. The Bertz CT molecular complexity index is 902. The summed E-state index contributed by atoms with van der Waals surface area (Å²) in [6, 6.07) is 5.46. The Kier molecular flexibility index (Phi) is 5.23. The average Bonchev–Trinajstić information content (AvgIpc) is 2.94. The lowest BCUT2D eigenvalue weighted by molar-refractivity contribution is 0.142. The summed E-state index contributed by atoms with van der Waals surface area (Å²) in [4.78, 5) is 9.27. The Morgan fingerprint density at radius 2 is 2.08 bits per heavy atom. The molecule has 0 unspecified atom stereocenters. The fourth-order valence-corrected chi connectivity index (χ4v) is 3.16. The summed E-state index contributed by atoms with van der Waals surface area (Å²) in [7, 11) is 1.57. The summed E-state index contributed by atoms with van der Waals surface area (Å²) >= 11 is 0. The van der Waals surface area contributed by atoms with Gasteiger partial charge in [0.2, 0.25) is 0 Å². The van der Waals surface area contributed by atoms with E-state index < -0.39 is 12.7 Å². The van der Waals surface area contributed by atoms with Crippen molar-refractivity contribution in [2.24, 2.45) is 0 Å². The first-order chi connectivity index (χ1) is 12.5. The second-order valence-electron chi connectivity index (χ2n) is 6.90. The molecule has 1 atom stereocenters. The summed E-state index contributed by atoms with van der Waals surface area (Å²) in [5.41, 5.74) is 12.0. The van der Waals surface area contributed by atoms with E-state index in [-0.39, 0.29) is 0 Å². The molecule has 0 saturated heterocycles. The molecular weight excluding hydrogens is 331 g/mol. The Morgan fingerprint density at radius 3 is 2.65 bits per heavy atom. The van der Waals surface area contributed by atoms with Gasteiger partial charge in [0.15, 0.2) is 0 Å². The van der Waals surface area contributed by atoms with Crippen LogP contribution in [-0.2, 0) is 4.74 Å². The van der Waals surface area contributed by atoms with Crippen LogP contribution in [0.25, 0.3) is 22.3 Å². The van der Waals surface area contributed by atoms with Gasteiger partial charge in [0.05, 0.1) is 35.1 Å². The maximum Gasteiger partial charge on any atom is 0.112 e. The number of anilines is 1. The number of fused-ring (bicyclic) bond motifs is 1. The van der Waals surface area contributed by atoms with Crippen molar-refractivity contribution in [3.05, 3.63) is 41.9 Å².